The first kappa shape index (κ1) is 19.5. The van der Waals surface area contributed by atoms with Crippen molar-refractivity contribution in [2.45, 2.75) is 20.5 Å². The Morgan fingerprint density at radius 3 is 2.50 bits per heavy atom. The molecule has 0 radical (unpaired) electrons. The summed E-state index contributed by atoms with van der Waals surface area (Å²) in [6, 6.07) is 17.3. The minimum Gasteiger partial charge on any atom is -0.486 e. The molecule has 2 N–H and O–H groups in total. The summed E-state index contributed by atoms with van der Waals surface area (Å²) in [7, 11) is 0. The molecule has 36 heavy (non-hydrogen) atoms. The van der Waals surface area contributed by atoms with E-state index in [-0.39, 0.29) is 0 Å². The summed E-state index contributed by atoms with van der Waals surface area (Å²) in [4.78, 5) is 25.0. The summed E-state index contributed by atoms with van der Waals surface area (Å²) >= 11 is 0. The van der Waals surface area contributed by atoms with Crippen molar-refractivity contribution in [2.24, 2.45) is 0 Å². The summed E-state index contributed by atoms with van der Waals surface area (Å²) in [6.07, 6.45) is 3.48. The normalized spacial score (nSPS) is 12.8. The number of nitrogens with zero attached hydrogens (tertiary/aromatic N) is 4. The third-order valence-corrected chi connectivity index (χ3v) is 7.16. The maximum absolute atomic E-state index is 6.24. The third kappa shape index (κ3) is 2.62. The van der Waals surface area contributed by atoms with Gasteiger partial charge in [0.25, 0.3) is 0 Å². The lowest BCUT2D eigenvalue weighted by Crippen LogP contribution is -2.06. The quantitative estimate of drug-likeness (QED) is 0.273. The van der Waals surface area contributed by atoms with Crippen LogP contribution in [0.3, 0.4) is 0 Å². The molecule has 0 saturated carbocycles. The number of rotatable bonds is 1. The van der Waals surface area contributed by atoms with Crippen LogP contribution < -0.4 is 4.74 Å². The van der Waals surface area contributed by atoms with Gasteiger partial charge < -0.3 is 14.7 Å². The Bertz CT molecular complexity index is 2030. The predicted molar refractivity (Wildman–Crippen MR) is 141 cm³/mol. The van der Waals surface area contributed by atoms with Crippen molar-refractivity contribution in [2.75, 3.05) is 0 Å². The van der Waals surface area contributed by atoms with Gasteiger partial charge in [-0.05, 0) is 65.8 Å². The van der Waals surface area contributed by atoms with Gasteiger partial charge in [-0.25, -0.2) is 19.9 Å². The molecule has 4 heterocycles. The van der Waals surface area contributed by atoms with Gasteiger partial charge in [0.15, 0.2) is 5.75 Å². The highest BCUT2D eigenvalue weighted by Crippen LogP contribution is 2.43. The molecule has 8 rings (SSSR count). The summed E-state index contributed by atoms with van der Waals surface area (Å²) < 4.78 is 6.24. The maximum atomic E-state index is 6.24. The fraction of sp³-hybridized carbons (Fsp3) is 0.103. The second-order valence-electron chi connectivity index (χ2n) is 9.41. The topological polar surface area (TPSA) is 92.4 Å². The molecule has 4 aromatic carbocycles. The van der Waals surface area contributed by atoms with Gasteiger partial charge in [0, 0.05) is 22.5 Å². The average Bonchev–Trinajstić information content (AvgIpc) is 3.49. The van der Waals surface area contributed by atoms with Crippen molar-refractivity contribution in [3.63, 3.8) is 0 Å². The number of H-pyrrole nitrogens is 2. The van der Waals surface area contributed by atoms with Crippen molar-refractivity contribution in [3.8, 4) is 28.0 Å². The van der Waals surface area contributed by atoms with Crippen molar-refractivity contribution in [1.29, 1.82) is 0 Å². The lowest BCUT2D eigenvalue weighted by atomic mass is 9.92. The fourth-order valence-corrected chi connectivity index (χ4v) is 5.57. The zero-order valence-corrected chi connectivity index (χ0v) is 19.7. The summed E-state index contributed by atoms with van der Waals surface area (Å²) in [5.41, 5.74) is 10.4. The summed E-state index contributed by atoms with van der Waals surface area (Å²) in [5, 5.41) is 3.20. The molecule has 0 bridgehead atoms. The van der Waals surface area contributed by atoms with Crippen LogP contribution in [0.5, 0.6) is 5.75 Å². The van der Waals surface area contributed by atoms with E-state index in [0.717, 1.165) is 77.8 Å². The summed E-state index contributed by atoms with van der Waals surface area (Å²) in [5.74, 6) is 2.62. The van der Waals surface area contributed by atoms with Gasteiger partial charge in [-0.1, -0.05) is 24.3 Å². The van der Waals surface area contributed by atoms with E-state index in [9.17, 15) is 0 Å². The van der Waals surface area contributed by atoms with Crippen LogP contribution in [0.1, 0.15) is 17.2 Å². The number of aromatic nitrogens is 6. The van der Waals surface area contributed by atoms with E-state index < -0.39 is 0 Å². The van der Waals surface area contributed by atoms with Crippen LogP contribution in [0.2, 0.25) is 0 Å². The number of aryl methyl sites for hydroxylation is 2. The SMILES string of the molecule is Cc1nc2c3c(ccc2[nH]1)-c1ccc(-c2ccc4c(c2)c2cncnc2c2[nH]c(C)nc42)cc1CO3. The molecule has 0 aliphatic carbocycles. The first-order chi connectivity index (χ1) is 17.6. The van der Waals surface area contributed by atoms with E-state index >= 15 is 0 Å². The van der Waals surface area contributed by atoms with E-state index in [1.165, 1.54) is 11.1 Å². The van der Waals surface area contributed by atoms with Crippen molar-refractivity contribution < 1.29 is 4.74 Å². The molecular weight excluding hydrogens is 448 g/mol. The molecule has 7 aromatic rings. The zero-order chi connectivity index (χ0) is 24.0. The molecule has 7 nitrogen and oxygen atoms in total. The number of nitrogens with one attached hydrogen (secondary N) is 2. The van der Waals surface area contributed by atoms with Gasteiger partial charge >= 0.3 is 0 Å². The average molecular weight is 469 g/mol. The minimum atomic E-state index is 0.513. The standard InChI is InChI=1S/C29H20N6O/c1-14-32-24-8-7-21-19-5-3-16(9-18(19)12-36-29(21)27(24)34-14)17-4-6-20-22(10-17)23-11-30-13-31-25(23)28-26(20)33-15(2)35-28/h3-11,13H,12H2,1-2H3,(H,32,34)(H,33,35). The van der Waals surface area contributed by atoms with Crippen LogP contribution >= 0.6 is 0 Å². The largest absolute Gasteiger partial charge is 0.486 e. The first-order valence-corrected chi connectivity index (χ1v) is 11.9. The Balaban J connectivity index is 1.31. The fourth-order valence-electron chi connectivity index (χ4n) is 5.57. The molecule has 0 unspecified atom stereocenters. The third-order valence-electron chi connectivity index (χ3n) is 7.16. The molecule has 0 fully saturated rings. The smallest absolute Gasteiger partial charge is 0.155 e. The number of fused-ring (bicyclic) bond motifs is 11. The maximum Gasteiger partial charge on any atom is 0.155 e. The van der Waals surface area contributed by atoms with Gasteiger partial charge in [0.1, 0.15) is 30.1 Å². The number of hydrogen-bond acceptors (Lipinski definition) is 5. The van der Waals surface area contributed by atoms with Gasteiger partial charge in [0.2, 0.25) is 0 Å². The van der Waals surface area contributed by atoms with Gasteiger partial charge in [0.05, 0.1) is 22.1 Å². The Kier molecular flexibility index (Phi) is 3.73. The molecule has 3 aromatic heterocycles. The zero-order valence-electron chi connectivity index (χ0n) is 19.7. The Hall–Kier alpha value is -4.78. The lowest BCUT2D eigenvalue weighted by Gasteiger charge is -2.22. The number of ether oxygens (including phenoxy) is 1. The van der Waals surface area contributed by atoms with E-state index in [1.807, 2.05) is 20.0 Å². The molecule has 0 amide bonds. The van der Waals surface area contributed by atoms with Crippen LogP contribution in [-0.4, -0.2) is 29.9 Å². The number of benzene rings is 4. The summed E-state index contributed by atoms with van der Waals surface area (Å²) in [6.45, 7) is 4.45. The predicted octanol–water partition coefficient (Wildman–Crippen LogP) is 6.38. The van der Waals surface area contributed by atoms with Gasteiger partial charge in [-0.2, -0.15) is 0 Å². The van der Waals surface area contributed by atoms with Crippen molar-refractivity contribution >= 4 is 43.7 Å². The Morgan fingerprint density at radius 1 is 0.750 bits per heavy atom. The molecule has 0 spiro atoms. The van der Waals surface area contributed by atoms with E-state index in [0.29, 0.717) is 6.61 Å². The highest BCUT2D eigenvalue weighted by Gasteiger charge is 2.22. The van der Waals surface area contributed by atoms with Crippen LogP contribution in [0.25, 0.3) is 66.0 Å². The van der Waals surface area contributed by atoms with Crippen LogP contribution in [0, 0.1) is 13.8 Å². The molecule has 1 aliphatic heterocycles. The minimum absolute atomic E-state index is 0.513. The van der Waals surface area contributed by atoms with Crippen LogP contribution in [0.15, 0.2) is 61.1 Å². The second-order valence-corrected chi connectivity index (χ2v) is 9.41. The van der Waals surface area contributed by atoms with Gasteiger partial charge in [-0.15, -0.1) is 0 Å². The van der Waals surface area contributed by atoms with Crippen molar-refractivity contribution in [1.82, 2.24) is 29.9 Å². The molecule has 0 atom stereocenters. The van der Waals surface area contributed by atoms with E-state index in [1.54, 1.807) is 6.33 Å². The highest BCUT2D eigenvalue weighted by atomic mass is 16.5. The van der Waals surface area contributed by atoms with Gasteiger partial charge in [-0.3, -0.25) is 0 Å². The Labute approximate surface area is 205 Å². The monoisotopic (exact) mass is 468 g/mol. The molecule has 0 saturated heterocycles. The molecule has 1 aliphatic rings. The number of hydrogen-bond donors (Lipinski definition) is 2. The molecular formula is C29H20N6O. The highest BCUT2D eigenvalue weighted by molar-refractivity contribution is 6.22. The number of imidazole rings is 2. The Morgan fingerprint density at radius 2 is 1.56 bits per heavy atom. The molecule has 7 heteroatoms. The molecule has 172 valence electrons. The number of aromatic amines is 2. The first-order valence-electron chi connectivity index (χ1n) is 11.9. The van der Waals surface area contributed by atoms with Crippen LogP contribution in [-0.2, 0) is 6.61 Å². The second kappa shape index (κ2) is 6.88. The van der Waals surface area contributed by atoms with Crippen molar-refractivity contribution in [3.05, 3.63) is 78.3 Å². The lowest BCUT2D eigenvalue weighted by molar-refractivity contribution is 0.305. The van der Waals surface area contributed by atoms with Crippen LogP contribution in [0.4, 0.5) is 0 Å². The van der Waals surface area contributed by atoms with E-state index in [2.05, 4.69) is 73.5 Å². The van der Waals surface area contributed by atoms with E-state index in [4.69, 9.17) is 9.72 Å².